The normalized spacial score (nSPS) is 10.1. The van der Waals surface area contributed by atoms with Crippen molar-refractivity contribution < 1.29 is 4.79 Å². The first-order chi connectivity index (χ1) is 6.09. The number of H-pyrrole nitrogens is 1. The van der Waals surface area contributed by atoms with E-state index < -0.39 is 0 Å². The van der Waals surface area contributed by atoms with Crippen molar-refractivity contribution >= 4 is 11.6 Å². The lowest BCUT2D eigenvalue weighted by Crippen LogP contribution is -2.08. The Labute approximate surface area is 78.0 Å². The van der Waals surface area contributed by atoms with Gasteiger partial charge in [-0.3, -0.25) is 0 Å². The minimum atomic E-state index is 0.197. The van der Waals surface area contributed by atoms with Crippen LogP contribution in [0.2, 0.25) is 0 Å². The number of aromatic nitrogens is 2. The quantitative estimate of drug-likeness (QED) is 0.753. The van der Waals surface area contributed by atoms with Gasteiger partial charge in [0.05, 0.1) is 0 Å². The molecule has 0 aliphatic heterocycles. The lowest BCUT2D eigenvalue weighted by Gasteiger charge is -2.05. The van der Waals surface area contributed by atoms with Crippen molar-refractivity contribution in [2.24, 2.45) is 0 Å². The molecule has 0 unspecified atom stereocenters. The molecule has 13 heavy (non-hydrogen) atoms. The fraction of sp³-hybridized carbons (Fsp3) is 0.556. The number of imidazole rings is 1. The van der Waals surface area contributed by atoms with Crippen molar-refractivity contribution in [3.05, 3.63) is 12.0 Å². The number of ketones is 1. The van der Waals surface area contributed by atoms with E-state index in [1.807, 2.05) is 25.2 Å². The molecule has 0 amide bonds. The van der Waals surface area contributed by atoms with Gasteiger partial charge in [-0.25, -0.2) is 4.98 Å². The summed E-state index contributed by atoms with van der Waals surface area (Å²) in [4.78, 5) is 20.0. The molecule has 0 bridgehead atoms. The van der Waals surface area contributed by atoms with Gasteiger partial charge in [-0.15, -0.1) is 0 Å². The van der Waals surface area contributed by atoms with E-state index in [4.69, 9.17) is 0 Å². The van der Waals surface area contributed by atoms with E-state index in [9.17, 15) is 4.79 Å². The van der Waals surface area contributed by atoms with Crippen LogP contribution in [0.1, 0.15) is 19.2 Å². The Balaban J connectivity index is 2.54. The van der Waals surface area contributed by atoms with Crippen molar-refractivity contribution in [1.82, 2.24) is 9.97 Å². The van der Waals surface area contributed by atoms with Crippen molar-refractivity contribution in [3.63, 3.8) is 0 Å². The van der Waals surface area contributed by atoms with Crippen LogP contribution in [0.5, 0.6) is 0 Å². The average molecular weight is 181 g/mol. The maximum absolute atomic E-state index is 10.7. The van der Waals surface area contributed by atoms with Gasteiger partial charge in [-0.2, -0.15) is 0 Å². The predicted octanol–water partition coefficient (Wildman–Crippen LogP) is 0.997. The summed E-state index contributed by atoms with van der Waals surface area (Å²) in [6.07, 6.45) is 3.10. The first-order valence-electron chi connectivity index (χ1n) is 4.30. The Morgan fingerprint density at radius 1 is 1.62 bits per heavy atom. The van der Waals surface area contributed by atoms with Crippen molar-refractivity contribution in [3.8, 4) is 0 Å². The second-order valence-corrected chi connectivity index (χ2v) is 3.30. The third-order valence-electron chi connectivity index (χ3n) is 1.79. The van der Waals surface area contributed by atoms with Crippen LogP contribution in [0, 0.1) is 0 Å². The van der Waals surface area contributed by atoms with Gasteiger partial charge in [0.15, 0.2) is 0 Å². The van der Waals surface area contributed by atoms with Gasteiger partial charge in [0.1, 0.15) is 17.4 Å². The number of rotatable bonds is 4. The summed E-state index contributed by atoms with van der Waals surface area (Å²) in [6.45, 7) is 1.59. The lowest BCUT2D eigenvalue weighted by atomic mass is 10.2. The molecule has 1 N–H and O–H groups in total. The molecule has 0 aliphatic carbocycles. The number of aryl methyl sites for hydroxylation is 1. The van der Waals surface area contributed by atoms with Gasteiger partial charge in [0, 0.05) is 33.1 Å². The second kappa shape index (κ2) is 4.07. The van der Waals surface area contributed by atoms with Gasteiger partial charge in [-0.05, 0) is 6.92 Å². The molecule has 0 saturated heterocycles. The molecule has 0 atom stereocenters. The van der Waals surface area contributed by atoms with Crippen LogP contribution >= 0.6 is 0 Å². The SMILES string of the molecule is CC(=O)CCc1nc(N(C)C)c[nH]1. The molecule has 1 heterocycles. The third kappa shape index (κ3) is 2.89. The Morgan fingerprint density at radius 3 is 2.77 bits per heavy atom. The first-order valence-corrected chi connectivity index (χ1v) is 4.30. The van der Waals surface area contributed by atoms with E-state index >= 15 is 0 Å². The molecule has 1 aromatic heterocycles. The minimum Gasteiger partial charge on any atom is -0.361 e. The van der Waals surface area contributed by atoms with Crippen LogP contribution in [-0.4, -0.2) is 29.8 Å². The van der Waals surface area contributed by atoms with Gasteiger partial charge >= 0.3 is 0 Å². The zero-order valence-corrected chi connectivity index (χ0v) is 8.29. The maximum atomic E-state index is 10.7. The van der Waals surface area contributed by atoms with Gasteiger partial charge in [0.2, 0.25) is 0 Å². The largest absolute Gasteiger partial charge is 0.361 e. The Kier molecular flexibility index (Phi) is 3.06. The number of nitrogens with one attached hydrogen (secondary N) is 1. The highest BCUT2D eigenvalue weighted by atomic mass is 16.1. The monoisotopic (exact) mass is 181 g/mol. The summed E-state index contributed by atoms with van der Waals surface area (Å²) in [6, 6.07) is 0. The molecular formula is C9H15N3O. The molecule has 0 aliphatic rings. The highest BCUT2D eigenvalue weighted by molar-refractivity contribution is 5.75. The van der Waals surface area contributed by atoms with Gasteiger partial charge in [0.25, 0.3) is 0 Å². The summed E-state index contributed by atoms with van der Waals surface area (Å²) in [5, 5.41) is 0. The molecule has 0 spiro atoms. The number of nitrogens with zero attached hydrogens (tertiary/aromatic N) is 2. The number of aromatic amines is 1. The van der Waals surface area contributed by atoms with Crippen molar-refractivity contribution in [2.45, 2.75) is 19.8 Å². The molecule has 0 fully saturated rings. The van der Waals surface area contributed by atoms with E-state index in [1.54, 1.807) is 6.92 Å². The summed E-state index contributed by atoms with van der Waals surface area (Å²) >= 11 is 0. The van der Waals surface area contributed by atoms with E-state index in [-0.39, 0.29) is 5.78 Å². The fourth-order valence-electron chi connectivity index (χ4n) is 1.00. The van der Waals surface area contributed by atoms with Crippen LogP contribution < -0.4 is 4.90 Å². The Hall–Kier alpha value is -1.32. The highest BCUT2D eigenvalue weighted by Crippen LogP contribution is 2.07. The zero-order valence-electron chi connectivity index (χ0n) is 8.29. The van der Waals surface area contributed by atoms with Crippen molar-refractivity contribution in [1.29, 1.82) is 0 Å². The maximum Gasteiger partial charge on any atom is 0.146 e. The summed E-state index contributed by atoms with van der Waals surface area (Å²) < 4.78 is 0. The van der Waals surface area contributed by atoms with E-state index in [0.29, 0.717) is 12.8 Å². The first kappa shape index (κ1) is 9.77. The second-order valence-electron chi connectivity index (χ2n) is 3.30. The predicted molar refractivity (Wildman–Crippen MR) is 51.9 cm³/mol. The number of hydrogen-bond acceptors (Lipinski definition) is 3. The van der Waals surface area contributed by atoms with Gasteiger partial charge in [-0.1, -0.05) is 0 Å². The molecular weight excluding hydrogens is 166 g/mol. The Bertz CT molecular complexity index is 291. The summed E-state index contributed by atoms with van der Waals surface area (Å²) in [5.41, 5.74) is 0. The van der Waals surface area contributed by atoms with E-state index in [2.05, 4.69) is 9.97 Å². The molecule has 1 rings (SSSR count). The number of carbonyl (C=O) groups is 1. The molecule has 1 aromatic rings. The topological polar surface area (TPSA) is 49.0 Å². The third-order valence-corrected chi connectivity index (χ3v) is 1.79. The molecule has 0 aromatic carbocycles. The van der Waals surface area contributed by atoms with Gasteiger partial charge < -0.3 is 14.7 Å². The zero-order chi connectivity index (χ0) is 9.84. The smallest absolute Gasteiger partial charge is 0.146 e. The number of anilines is 1. The van der Waals surface area contributed by atoms with Crippen LogP contribution in [-0.2, 0) is 11.2 Å². The minimum absolute atomic E-state index is 0.197. The van der Waals surface area contributed by atoms with Crippen LogP contribution in [0.15, 0.2) is 6.20 Å². The fourth-order valence-corrected chi connectivity index (χ4v) is 1.00. The van der Waals surface area contributed by atoms with Crippen molar-refractivity contribution in [2.75, 3.05) is 19.0 Å². The number of Topliss-reactive ketones (excluding diaryl/α,β-unsaturated/α-hetero) is 1. The highest BCUT2D eigenvalue weighted by Gasteiger charge is 2.03. The van der Waals surface area contributed by atoms with Crippen LogP contribution in [0.3, 0.4) is 0 Å². The molecule has 72 valence electrons. The van der Waals surface area contributed by atoms with E-state index in [1.165, 1.54) is 0 Å². The Morgan fingerprint density at radius 2 is 2.31 bits per heavy atom. The average Bonchev–Trinajstić information content (AvgIpc) is 2.48. The lowest BCUT2D eigenvalue weighted by molar-refractivity contribution is -0.117. The van der Waals surface area contributed by atoms with Crippen LogP contribution in [0.4, 0.5) is 5.82 Å². The molecule has 0 saturated carbocycles. The molecule has 4 nitrogen and oxygen atoms in total. The number of carbonyl (C=O) groups excluding carboxylic acids is 1. The molecule has 4 heteroatoms. The van der Waals surface area contributed by atoms with E-state index in [0.717, 1.165) is 11.6 Å². The van der Waals surface area contributed by atoms with Crippen LogP contribution in [0.25, 0.3) is 0 Å². The molecule has 0 radical (unpaired) electrons. The summed E-state index contributed by atoms with van der Waals surface area (Å²) in [5.74, 6) is 1.97. The summed E-state index contributed by atoms with van der Waals surface area (Å²) in [7, 11) is 3.87. The standard InChI is InChI=1S/C9H15N3O/c1-7(13)4-5-8-10-6-9(11-8)12(2)3/h6H,4-5H2,1-3H3,(H,10,11). The number of hydrogen-bond donors (Lipinski definition) is 1.